The average molecular weight is 570 g/mol. The minimum Gasteiger partial charge on any atom is -0.493 e. The molecule has 2 amide bonds. The number of amides is 2. The molecule has 4 heterocycles. The van der Waals surface area contributed by atoms with E-state index in [1.165, 1.54) is 5.56 Å². The largest absolute Gasteiger partial charge is 0.493 e. The maximum atomic E-state index is 14.0. The molecule has 3 aromatic rings. The van der Waals surface area contributed by atoms with Crippen LogP contribution < -0.4 is 15.6 Å². The standard InChI is InChI=1S/C33H39N5O4/c39-30-19-27(26-9-8-25-10-17-42-29(25)18-26)35-23-37(30)22-33(41)13-15-36(21-32(33)11-4-5-12-32)31(40)38-16-14-34-20-28(38)24-6-2-1-3-7-24/h1-3,6-9,18-19,23,28,34,41H,4-5,10-17,20-22H2/t28-,33+/m0/s1. The van der Waals surface area contributed by atoms with Crippen LogP contribution in [0.1, 0.15) is 49.3 Å². The molecule has 9 nitrogen and oxygen atoms in total. The molecule has 0 bridgehead atoms. The van der Waals surface area contributed by atoms with Crippen LogP contribution in [0.2, 0.25) is 0 Å². The predicted octanol–water partition coefficient (Wildman–Crippen LogP) is 3.61. The highest BCUT2D eigenvalue weighted by Gasteiger charge is 2.56. The van der Waals surface area contributed by atoms with Crippen LogP contribution in [-0.4, -0.2) is 75.4 Å². The summed E-state index contributed by atoms with van der Waals surface area (Å²) in [6.45, 7) is 3.96. The molecular formula is C33H39N5O4. The molecule has 3 fully saturated rings. The first kappa shape index (κ1) is 27.2. The van der Waals surface area contributed by atoms with Gasteiger partial charge in [-0.3, -0.25) is 9.36 Å². The van der Waals surface area contributed by atoms with E-state index in [9.17, 15) is 14.7 Å². The maximum Gasteiger partial charge on any atom is 0.320 e. The van der Waals surface area contributed by atoms with Crippen molar-refractivity contribution in [2.24, 2.45) is 5.41 Å². The summed E-state index contributed by atoms with van der Waals surface area (Å²) in [7, 11) is 0. The normalized spacial score (nSPS) is 24.9. The lowest BCUT2D eigenvalue weighted by Crippen LogP contribution is -2.64. The summed E-state index contributed by atoms with van der Waals surface area (Å²) in [5.74, 6) is 0.855. The molecule has 1 spiro atoms. The van der Waals surface area contributed by atoms with Crippen LogP contribution in [0.25, 0.3) is 11.3 Å². The number of piperidine rings is 1. The SMILES string of the molecule is O=C(N1CC[C@@](O)(Cn2cnc(-c3ccc4c(c3)OCC4)cc2=O)C2(CCCC2)C1)N1CCNC[C@H]1c1ccccc1. The average Bonchev–Trinajstić information content (AvgIpc) is 3.70. The number of hydrogen-bond donors (Lipinski definition) is 2. The van der Waals surface area contributed by atoms with Crippen molar-refractivity contribution in [2.75, 3.05) is 39.3 Å². The number of likely N-dealkylation sites (tertiary alicyclic amines) is 1. The number of fused-ring (bicyclic) bond motifs is 1. The minimum absolute atomic E-state index is 0.0202. The van der Waals surface area contributed by atoms with Crippen molar-refractivity contribution >= 4 is 6.03 Å². The highest BCUT2D eigenvalue weighted by molar-refractivity contribution is 5.75. The number of aliphatic hydroxyl groups is 1. The Kier molecular flexibility index (Phi) is 7.02. The Balaban J connectivity index is 1.11. The van der Waals surface area contributed by atoms with Crippen LogP contribution in [0, 0.1) is 5.41 Å². The molecule has 7 rings (SSSR count). The Hall–Kier alpha value is -3.69. The van der Waals surface area contributed by atoms with Gasteiger partial charge in [-0.25, -0.2) is 9.78 Å². The summed E-state index contributed by atoms with van der Waals surface area (Å²) < 4.78 is 7.24. The van der Waals surface area contributed by atoms with Crippen molar-refractivity contribution in [2.45, 2.75) is 56.7 Å². The molecule has 1 saturated carbocycles. The Labute approximate surface area is 246 Å². The smallest absolute Gasteiger partial charge is 0.320 e. The van der Waals surface area contributed by atoms with Gasteiger partial charge in [-0.15, -0.1) is 0 Å². The Morgan fingerprint density at radius 3 is 2.71 bits per heavy atom. The Morgan fingerprint density at radius 1 is 1.07 bits per heavy atom. The second-order valence-electron chi connectivity index (χ2n) is 12.5. The van der Waals surface area contributed by atoms with Gasteiger partial charge in [0, 0.05) is 56.2 Å². The van der Waals surface area contributed by atoms with E-state index in [-0.39, 0.29) is 24.2 Å². The first-order chi connectivity index (χ1) is 20.4. The third-order valence-electron chi connectivity index (χ3n) is 10.1. The zero-order valence-corrected chi connectivity index (χ0v) is 24.0. The minimum atomic E-state index is -1.10. The lowest BCUT2D eigenvalue weighted by molar-refractivity contribution is -0.137. The molecule has 1 aromatic heterocycles. The van der Waals surface area contributed by atoms with E-state index in [2.05, 4.69) is 22.4 Å². The summed E-state index contributed by atoms with van der Waals surface area (Å²) in [5.41, 5.74) is 2.01. The molecule has 0 radical (unpaired) electrons. The fourth-order valence-electron chi connectivity index (χ4n) is 7.66. The van der Waals surface area contributed by atoms with Gasteiger partial charge in [-0.2, -0.15) is 0 Å². The van der Waals surface area contributed by atoms with Crippen molar-refractivity contribution in [3.05, 3.63) is 82.4 Å². The molecule has 220 valence electrons. The van der Waals surface area contributed by atoms with Crippen molar-refractivity contribution < 1.29 is 14.6 Å². The summed E-state index contributed by atoms with van der Waals surface area (Å²) in [5, 5.41) is 15.7. The second-order valence-corrected chi connectivity index (χ2v) is 12.5. The van der Waals surface area contributed by atoms with Crippen LogP contribution in [-0.2, 0) is 13.0 Å². The van der Waals surface area contributed by atoms with Crippen LogP contribution in [0.15, 0.2) is 65.7 Å². The first-order valence-corrected chi connectivity index (χ1v) is 15.3. The van der Waals surface area contributed by atoms with Gasteiger partial charge in [0.2, 0.25) is 0 Å². The fourth-order valence-corrected chi connectivity index (χ4v) is 7.66. The zero-order valence-electron chi connectivity index (χ0n) is 24.0. The predicted molar refractivity (Wildman–Crippen MR) is 159 cm³/mol. The van der Waals surface area contributed by atoms with E-state index in [4.69, 9.17) is 4.74 Å². The number of piperazine rings is 1. The van der Waals surface area contributed by atoms with Gasteiger partial charge in [-0.05, 0) is 36.5 Å². The van der Waals surface area contributed by atoms with Gasteiger partial charge < -0.3 is 25.0 Å². The van der Waals surface area contributed by atoms with Gasteiger partial charge in [0.05, 0.1) is 36.8 Å². The lowest BCUT2D eigenvalue weighted by Gasteiger charge is -2.53. The first-order valence-electron chi connectivity index (χ1n) is 15.3. The van der Waals surface area contributed by atoms with Crippen molar-refractivity contribution in [1.82, 2.24) is 24.7 Å². The van der Waals surface area contributed by atoms with Crippen molar-refractivity contribution in [3.8, 4) is 17.0 Å². The van der Waals surface area contributed by atoms with Gasteiger partial charge in [-0.1, -0.05) is 55.3 Å². The van der Waals surface area contributed by atoms with E-state index >= 15 is 0 Å². The highest BCUT2D eigenvalue weighted by Crippen LogP contribution is 2.52. The number of rotatable bonds is 4. The second kappa shape index (κ2) is 10.9. The van der Waals surface area contributed by atoms with Crippen LogP contribution >= 0.6 is 0 Å². The topological polar surface area (TPSA) is 99.9 Å². The zero-order chi connectivity index (χ0) is 28.7. The van der Waals surface area contributed by atoms with Crippen LogP contribution in [0.5, 0.6) is 5.75 Å². The fraction of sp³-hybridized carbons (Fsp3) is 0.485. The van der Waals surface area contributed by atoms with E-state index in [1.54, 1.807) is 17.0 Å². The van der Waals surface area contributed by atoms with Gasteiger partial charge >= 0.3 is 6.03 Å². The molecule has 4 aliphatic rings. The molecule has 0 unspecified atom stereocenters. The summed E-state index contributed by atoms with van der Waals surface area (Å²) in [6, 6.07) is 17.7. The number of nitrogens with zero attached hydrogens (tertiary/aromatic N) is 4. The number of aromatic nitrogens is 2. The molecule has 2 N–H and O–H groups in total. The quantitative estimate of drug-likeness (QED) is 0.498. The molecule has 42 heavy (non-hydrogen) atoms. The van der Waals surface area contributed by atoms with E-state index in [0.717, 1.165) is 62.1 Å². The number of carbonyl (C=O) groups excluding carboxylic acids is 1. The summed E-state index contributed by atoms with van der Waals surface area (Å²) in [6.07, 6.45) is 6.59. The lowest BCUT2D eigenvalue weighted by atomic mass is 9.66. The van der Waals surface area contributed by atoms with E-state index in [0.29, 0.717) is 38.4 Å². The third kappa shape index (κ3) is 4.78. The highest BCUT2D eigenvalue weighted by atomic mass is 16.5. The van der Waals surface area contributed by atoms with Crippen molar-refractivity contribution in [1.29, 1.82) is 0 Å². The summed E-state index contributed by atoms with van der Waals surface area (Å²) in [4.78, 5) is 35.9. The van der Waals surface area contributed by atoms with Crippen LogP contribution in [0.3, 0.4) is 0 Å². The molecule has 2 saturated heterocycles. The van der Waals surface area contributed by atoms with Crippen molar-refractivity contribution in [3.63, 3.8) is 0 Å². The molecule has 2 atom stereocenters. The van der Waals surface area contributed by atoms with E-state index < -0.39 is 11.0 Å². The molecule has 1 aliphatic carbocycles. The number of ether oxygens (including phenoxy) is 1. The van der Waals surface area contributed by atoms with Gasteiger partial charge in [0.25, 0.3) is 5.56 Å². The number of hydrogen-bond acceptors (Lipinski definition) is 6. The van der Waals surface area contributed by atoms with Crippen LogP contribution in [0.4, 0.5) is 4.79 Å². The number of benzene rings is 2. The summed E-state index contributed by atoms with van der Waals surface area (Å²) >= 11 is 0. The van der Waals surface area contributed by atoms with Gasteiger partial charge in [0.1, 0.15) is 5.75 Å². The van der Waals surface area contributed by atoms with Gasteiger partial charge in [0.15, 0.2) is 0 Å². The molecule has 9 heteroatoms. The number of urea groups is 1. The number of nitrogens with one attached hydrogen (secondary N) is 1. The Bertz CT molecular complexity index is 1520. The number of carbonyl (C=O) groups is 1. The third-order valence-corrected chi connectivity index (χ3v) is 10.1. The molecular weight excluding hydrogens is 530 g/mol. The monoisotopic (exact) mass is 569 g/mol. The van der Waals surface area contributed by atoms with E-state index in [1.807, 2.05) is 46.2 Å². The molecule has 2 aromatic carbocycles. The molecule has 3 aliphatic heterocycles. The maximum absolute atomic E-state index is 14.0. The Morgan fingerprint density at radius 2 is 1.90 bits per heavy atom.